The largest absolute Gasteiger partial charge is 0.491 e. The molecule has 0 aliphatic carbocycles. The van der Waals surface area contributed by atoms with Crippen molar-refractivity contribution in [1.82, 2.24) is 0 Å². The Kier molecular flexibility index (Phi) is 4.50. The first-order valence-corrected chi connectivity index (χ1v) is 6.77. The molecular weight excluding hydrogens is 286 g/mol. The summed E-state index contributed by atoms with van der Waals surface area (Å²) in [5.74, 6) is -0.963. The van der Waals surface area contributed by atoms with Crippen LogP contribution in [0.15, 0.2) is 34.9 Å². The fraction of sp³-hybridized carbons (Fsp3) is 0.250. The Morgan fingerprint density at radius 3 is 2.55 bits per heavy atom. The monoisotopic (exact) mass is 303 g/mol. The molecule has 1 aromatic carbocycles. The van der Waals surface area contributed by atoms with Crippen molar-refractivity contribution in [2.75, 3.05) is 5.32 Å². The number of aromatic carboxylic acids is 1. The van der Waals surface area contributed by atoms with Crippen molar-refractivity contribution in [3.63, 3.8) is 0 Å². The molecular formula is C16H17NO5. The van der Waals surface area contributed by atoms with E-state index < -0.39 is 11.9 Å². The van der Waals surface area contributed by atoms with Gasteiger partial charge < -0.3 is 19.6 Å². The quantitative estimate of drug-likeness (QED) is 0.884. The number of anilines is 1. The zero-order valence-electron chi connectivity index (χ0n) is 12.5. The molecule has 0 fully saturated rings. The van der Waals surface area contributed by atoms with Crippen LogP contribution < -0.4 is 10.1 Å². The van der Waals surface area contributed by atoms with E-state index in [4.69, 9.17) is 14.3 Å². The van der Waals surface area contributed by atoms with Gasteiger partial charge in [-0.2, -0.15) is 0 Å². The fourth-order valence-corrected chi connectivity index (χ4v) is 1.87. The number of carboxylic acids is 1. The lowest BCUT2D eigenvalue weighted by Crippen LogP contribution is -2.12. The van der Waals surface area contributed by atoms with E-state index in [0.717, 1.165) is 17.6 Å². The van der Waals surface area contributed by atoms with Crippen molar-refractivity contribution >= 4 is 17.6 Å². The lowest BCUT2D eigenvalue weighted by Gasteiger charge is -2.13. The molecule has 1 amide bonds. The summed E-state index contributed by atoms with van der Waals surface area (Å²) in [5.41, 5.74) is 1.39. The van der Waals surface area contributed by atoms with E-state index in [0.29, 0.717) is 5.69 Å². The highest BCUT2D eigenvalue weighted by Crippen LogP contribution is 2.23. The van der Waals surface area contributed by atoms with Gasteiger partial charge in [-0.15, -0.1) is 0 Å². The normalized spacial score (nSPS) is 10.5. The predicted octanol–water partition coefficient (Wildman–Crippen LogP) is 3.33. The van der Waals surface area contributed by atoms with Gasteiger partial charge in [-0.1, -0.05) is 0 Å². The number of carbonyl (C=O) groups excluding carboxylic acids is 1. The second kappa shape index (κ2) is 6.34. The molecule has 1 heterocycles. The van der Waals surface area contributed by atoms with E-state index in [1.807, 2.05) is 20.8 Å². The summed E-state index contributed by atoms with van der Waals surface area (Å²) in [4.78, 5) is 22.8. The van der Waals surface area contributed by atoms with Crippen molar-refractivity contribution in [3.05, 3.63) is 47.4 Å². The number of aryl methyl sites for hydroxylation is 1. The summed E-state index contributed by atoms with van der Waals surface area (Å²) in [6.45, 7) is 5.75. The Morgan fingerprint density at radius 2 is 2.00 bits per heavy atom. The van der Waals surface area contributed by atoms with Crippen LogP contribution in [0.2, 0.25) is 0 Å². The van der Waals surface area contributed by atoms with E-state index in [9.17, 15) is 9.59 Å². The van der Waals surface area contributed by atoms with Gasteiger partial charge in [0.25, 0.3) is 5.91 Å². The Bertz CT molecular complexity index is 702. The van der Waals surface area contributed by atoms with Crippen LogP contribution in [0.4, 0.5) is 5.69 Å². The highest BCUT2D eigenvalue weighted by atomic mass is 16.5. The van der Waals surface area contributed by atoms with Gasteiger partial charge in [0.1, 0.15) is 12.0 Å². The molecule has 116 valence electrons. The second-order valence-corrected chi connectivity index (χ2v) is 5.11. The van der Waals surface area contributed by atoms with Gasteiger partial charge in [-0.3, -0.25) is 4.79 Å². The summed E-state index contributed by atoms with van der Waals surface area (Å²) >= 11 is 0. The molecule has 2 aromatic rings. The first-order chi connectivity index (χ1) is 10.4. The highest BCUT2D eigenvalue weighted by Gasteiger charge is 2.15. The van der Waals surface area contributed by atoms with E-state index in [2.05, 4.69) is 5.32 Å². The summed E-state index contributed by atoms with van der Waals surface area (Å²) in [6.07, 6.45) is 1.10. The topological polar surface area (TPSA) is 88.8 Å². The Morgan fingerprint density at radius 1 is 1.27 bits per heavy atom. The minimum atomic E-state index is -1.14. The summed E-state index contributed by atoms with van der Waals surface area (Å²) in [5, 5.41) is 11.5. The number of rotatable bonds is 5. The SMILES string of the molecule is Cc1cc(NC(=O)c2cc(C(=O)O)co2)ccc1OC(C)C. The Labute approximate surface area is 127 Å². The molecule has 6 nitrogen and oxygen atoms in total. The molecule has 6 heteroatoms. The van der Waals surface area contributed by atoms with E-state index >= 15 is 0 Å². The molecule has 0 saturated heterocycles. The molecule has 1 aromatic heterocycles. The lowest BCUT2D eigenvalue weighted by molar-refractivity contribution is 0.0696. The Hall–Kier alpha value is -2.76. The molecule has 0 bridgehead atoms. The number of hydrogen-bond acceptors (Lipinski definition) is 4. The molecule has 0 aliphatic heterocycles. The number of furan rings is 1. The van der Waals surface area contributed by atoms with Crippen molar-refractivity contribution < 1.29 is 23.8 Å². The third-order valence-corrected chi connectivity index (χ3v) is 2.87. The number of carbonyl (C=O) groups is 2. The average Bonchev–Trinajstić information content (AvgIpc) is 2.91. The predicted molar refractivity (Wildman–Crippen MR) is 80.6 cm³/mol. The molecule has 0 saturated carbocycles. The maximum Gasteiger partial charge on any atom is 0.338 e. The van der Waals surface area contributed by atoms with Gasteiger partial charge in [-0.05, 0) is 44.5 Å². The van der Waals surface area contributed by atoms with Gasteiger partial charge in [0.15, 0.2) is 5.76 Å². The van der Waals surface area contributed by atoms with Crippen molar-refractivity contribution in [2.24, 2.45) is 0 Å². The van der Waals surface area contributed by atoms with E-state index in [-0.39, 0.29) is 17.4 Å². The number of carboxylic acid groups (broad SMARTS) is 1. The van der Waals surface area contributed by atoms with Crippen LogP contribution in [0.1, 0.15) is 40.3 Å². The number of ether oxygens (including phenoxy) is 1. The minimum absolute atomic E-state index is 0.0578. The standard InChI is InChI=1S/C16H17NO5/c1-9(2)22-13-5-4-12(6-10(13)3)17-15(18)14-7-11(8-21-14)16(19)20/h4-9H,1-3H3,(H,17,18)(H,19,20). The van der Waals surface area contributed by atoms with Crippen LogP contribution in [-0.4, -0.2) is 23.1 Å². The maximum atomic E-state index is 12.0. The summed E-state index contributed by atoms with van der Waals surface area (Å²) in [7, 11) is 0. The molecule has 2 rings (SSSR count). The summed E-state index contributed by atoms with van der Waals surface area (Å²) in [6, 6.07) is 6.44. The van der Waals surface area contributed by atoms with Crippen LogP contribution >= 0.6 is 0 Å². The molecule has 0 spiro atoms. The second-order valence-electron chi connectivity index (χ2n) is 5.11. The zero-order valence-corrected chi connectivity index (χ0v) is 12.5. The van der Waals surface area contributed by atoms with Gasteiger partial charge in [0.2, 0.25) is 0 Å². The van der Waals surface area contributed by atoms with Crippen LogP contribution in [0.25, 0.3) is 0 Å². The molecule has 0 atom stereocenters. The molecule has 2 N–H and O–H groups in total. The van der Waals surface area contributed by atoms with Gasteiger partial charge in [0.05, 0.1) is 11.7 Å². The lowest BCUT2D eigenvalue weighted by atomic mass is 10.2. The first kappa shape index (κ1) is 15.6. The highest BCUT2D eigenvalue weighted by molar-refractivity contribution is 6.03. The van der Waals surface area contributed by atoms with E-state index in [1.165, 1.54) is 6.07 Å². The third kappa shape index (κ3) is 3.66. The third-order valence-electron chi connectivity index (χ3n) is 2.87. The van der Waals surface area contributed by atoms with E-state index in [1.54, 1.807) is 18.2 Å². The van der Waals surface area contributed by atoms with Crippen LogP contribution in [0, 0.1) is 6.92 Å². The van der Waals surface area contributed by atoms with Gasteiger partial charge in [0, 0.05) is 11.8 Å². The van der Waals surface area contributed by atoms with Crippen molar-refractivity contribution in [2.45, 2.75) is 26.9 Å². The van der Waals surface area contributed by atoms with Gasteiger partial charge >= 0.3 is 5.97 Å². The fourth-order valence-electron chi connectivity index (χ4n) is 1.87. The Balaban J connectivity index is 2.11. The first-order valence-electron chi connectivity index (χ1n) is 6.77. The van der Waals surface area contributed by atoms with Crippen LogP contribution in [0.5, 0.6) is 5.75 Å². The van der Waals surface area contributed by atoms with Gasteiger partial charge in [-0.25, -0.2) is 4.79 Å². The number of benzene rings is 1. The van der Waals surface area contributed by atoms with Crippen LogP contribution in [-0.2, 0) is 0 Å². The number of hydrogen-bond donors (Lipinski definition) is 2. The van der Waals surface area contributed by atoms with Crippen molar-refractivity contribution in [1.29, 1.82) is 0 Å². The van der Waals surface area contributed by atoms with Crippen LogP contribution in [0.3, 0.4) is 0 Å². The molecule has 22 heavy (non-hydrogen) atoms. The summed E-state index contributed by atoms with van der Waals surface area (Å²) < 4.78 is 10.6. The average molecular weight is 303 g/mol. The number of nitrogens with one attached hydrogen (secondary N) is 1. The minimum Gasteiger partial charge on any atom is -0.491 e. The molecule has 0 unspecified atom stereocenters. The van der Waals surface area contributed by atoms with Crippen molar-refractivity contribution in [3.8, 4) is 5.75 Å². The molecule has 0 radical (unpaired) electrons. The maximum absolute atomic E-state index is 12.0. The smallest absolute Gasteiger partial charge is 0.338 e. The number of amides is 1. The zero-order chi connectivity index (χ0) is 16.3. The molecule has 0 aliphatic rings.